The van der Waals surface area contributed by atoms with Crippen molar-refractivity contribution >= 4 is 0 Å². The van der Waals surface area contributed by atoms with E-state index in [4.69, 9.17) is 14.7 Å². The van der Waals surface area contributed by atoms with Gasteiger partial charge in [-0.15, -0.1) is 0 Å². The maximum absolute atomic E-state index is 9.09. The molecule has 0 amide bonds. The molecule has 0 unspecified atom stereocenters. The van der Waals surface area contributed by atoms with E-state index < -0.39 is 0 Å². The van der Waals surface area contributed by atoms with E-state index in [1.165, 1.54) is 12.8 Å². The van der Waals surface area contributed by atoms with Gasteiger partial charge in [0, 0.05) is 12.8 Å². The predicted molar refractivity (Wildman–Crippen MR) is 58.5 cm³/mol. The molecule has 2 aliphatic carbocycles. The average molecular weight is 221 g/mol. The summed E-state index contributed by atoms with van der Waals surface area (Å²) < 4.78 is 11.4. The van der Waals surface area contributed by atoms with Gasteiger partial charge in [0.25, 0.3) is 0 Å². The summed E-state index contributed by atoms with van der Waals surface area (Å²) in [4.78, 5) is 0. The van der Waals surface area contributed by atoms with Crippen molar-refractivity contribution in [1.82, 2.24) is 0 Å². The van der Waals surface area contributed by atoms with Gasteiger partial charge in [0.15, 0.2) is 5.79 Å². The third-order valence-electron chi connectivity index (χ3n) is 4.45. The number of nitrogens with zero attached hydrogens (tertiary/aromatic N) is 1. The zero-order chi connectivity index (χ0) is 11.1. The summed E-state index contributed by atoms with van der Waals surface area (Å²) in [5.41, 5.74) is 0.0621. The van der Waals surface area contributed by atoms with Crippen LogP contribution in [0.5, 0.6) is 0 Å². The topological polar surface area (TPSA) is 42.2 Å². The maximum atomic E-state index is 9.09. The summed E-state index contributed by atoms with van der Waals surface area (Å²) in [7, 11) is 0. The van der Waals surface area contributed by atoms with Crippen LogP contribution in [0.25, 0.3) is 0 Å². The molecular weight excluding hydrogens is 202 g/mol. The van der Waals surface area contributed by atoms with Crippen LogP contribution in [0.2, 0.25) is 0 Å². The minimum atomic E-state index is -0.236. The summed E-state index contributed by atoms with van der Waals surface area (Å²) in [6.07, 6.45) is 7.75. The molecule has 3 rings (SSSR count). The quantitative estimate of drug-likeness (QED) is 0.719. The Hall–Kier alpha value is -0.590. The minimum Gasteiger partial charge on any atom is -0.348 e. The highest BCUT2D eigenvalue weighted by molar-refractivity contribution is 5.10. The summed E-state index contributed by atoms with van der Waals surface area (Å²) in [6, 6.07) is 2.50. The first-order chi connectivity index (χ1) is 7.76. The Balaban J connectivity index is 1.53. The Bertz CT molecular complexity index is 300. The van der Waals surface area contributed by atoms with E-state index in [0.717, 1.165) is 51.2 Å². The van der Waals surface area contributed by atoms with Gasteiger partial charge in [0.2, 0.25) is 0 Å². The molecule has 0 aromatic heterocycles. The largest absolute Gasteiger partial charge is 0.348 e. The molecule has 1 spiro atoms. The highest BCUT2D eigenvalue weighted by Crippen LogP contribution is 2.53. The monoisotopic (exact) mass is 221 g/mol. The van der Waals surface area contributed by atoms with Crippen LogP contribution in [-0.2, 0) is 9.47 Å². The molecule has 3 fully saturated rings. The van der Waals surface area contributed by atoms with E-state index in [2.05, 4.69) is 6.07 Å². The first kappa shape index (κ1) is 10.6. The van der Waals surface area contributed by atoms with Gasteiger partial charge in [-0.3, -0.25) is 0 Å². The second-order valence-electron chi connectivity index (χ2n) is 5.65. The molecule has 2 saturated carbocycles. The molecule has 3 heteroatoms. The van der Waals surface area contributed by atoms with Gasteiger partial charge in [-0.25, -0.2) is 0 Å². The van der Waals surface area contributed by atoms with Crippen LogP contribution >= 0.6 is 0 Å². The van der Waals surface area contributed by atoms with Crippen LogP contribution in [0, 0.1) is 22.7 Å². The fourth-order valence-corrected chi connectivity index (χ4v) is 3.17. The third-order valence-corrected chi connectivity index (χ3v) is 4.45. The Morgan fingerprint density at radius 2 is 1.69 bits per heavy atom. The molecule has 1 saturated heterocycles. The molecule has 88 valence electrons. The standard InChI is InChI=1S/C13H19NO2/c14-10-12(5-6-12)9-11-1-3-13(4-2-11)15-7-8-16-13/h11H,1-9H2. The van der Waals surface area contributed by atoms with Crippen LogP contribution in [0.15, 0.2) is 0 Å². The fourth-order valence-electron chi connectivity index (χ4n) is 3.17. The SMILES string of the molecule is N#CC1(CC2CCC3(CC2)OCCO3)CC1. The number of hydrogen-bond donors (Lipinski definition) is 0. The summed E-state index contributed by atoms with van der Waals surface area (Å²) in [5.74, 6) is 0.487. The van der Waals surface area contributed by atoms with Crippen LogP contribution in [0.1, 0.15) is 44.9 Å². The van der Waals surface area contributed by atoms with E-state index in [1.54, 1.807) is 0 Å². The first-order valence-corrected chi connectivity index (χ1v) is 6.45. The molecule has 0 radical (unpaired) electrons. The van der Waals surface area contributed by atoms with Crippen molar-refractivity contribution in [2.45, 2.75) is 50.7 Å². The lowest BCUT2D eigenvalue weighted by molar-refractivity contribution is -0.183. The lowest BCUT2D eigenvalue weighted by Crippen LogP contribution is -2.35. The Kier molecular flexibility index (Phi) is 2.45. The average Bonchev–Trinajstić information content (AvgIpc) is 2.95. The van der Waals surface area contributed by atoms with Gasteiger partial charge in [0.05, 0.1) is 24.7 Å². The van der Waals surface area contributed by atoms with E-state index in [0.29, 0.717) is 0 Å². The lowest BCUT2D eigenvalue weighted by atomic mass is 9.79. The van der Waals surface area contributed by atoms with Gasteiger partial charge >= 0.3 is 0 Å². The van der Waals surface area contributed by atoms with Crippen LogP contribution in [-0.4, -0.2) is 19.0 Å². The molecule has 3 aliphatic rings. The number of ether oxygens (including phenoxy) is 2. The van der Waals surface area contributed by atoms with Gasteiger partial charge in [-0.1, -0.05) is 0 Å². The Morgan fingerprint density at radius 3 is 2.19 bits per heavy atom. The van der Waals surface area contributed by atoms with E-state index in [1.807, 2.05) is 0 Å². The van der Waals surface area contributed by atoms with Gasteiger partial charge in [-0.2, -0.15) is 5.26 Å². The third kappa shape index (κ3) is 1.85. The zero-order valence-corrected chi connectivity index (χ0v) is 9.71. The second kappa shape index (κ2) is 3.72. The predicted octanol–water partition coefficient (Wildman–Crippen LogP) is 2.61. The highest BCUT2D eigenvalue weighted by Gasteiger charge is 2.47. The minimum absolute atomic E-state index is 0.0621. The molecule has 0 bridgehead atoms. The molecule has 1 heterocycles. The number of hydrogen-bond acceptors (Lipinski definition) is 3. The van der Waals surface area contributed by atoms with Crippen LogP contribution in [0.3, 0.4) is 0 Å². The van der Waals surface area contributed by atoms with Crippen LogP contribution in [0.4, 0.5) is 0 Å². The van der Waals surface area contributed by atoms with Crippen molar-refractivity contribution in [2.24, 2.45) is 11.3 Å². The van der Waals surface area contributed by atoms with Gasteiger partial charge < -0.3 is 9.47 Å². The van der Waals surface area contributed by atoms with E-state index >= 15 is 0 Å². The normalized spacial score (nSPS) is 31.4. The Labute approximate surface area is 96.7 Å². The first-order valence-electron chi connectivity index (χ1n) is 6.45. The molecule has 0 N–H and O–H groups in total. The summed E-state index contributed by atoms with van der Waals surface area (Å²) >= 11 is 0. The van der Waals surface area contributed by atoms with Crippen molar-refractivity contribution < 1.29 is 9.47 Å². The van der Waals surface area contributed by atoms with Crippen molar-refractivity contribution in [1.29, 1.82) is 5.26 Å². The number of nitriles is 1. The van der Waals surface area contributed by atoms with Crippen molar-refractivity contribution in [2.75, 3.05) is 13.2 Å². The molecule has 0 atom stereocenters. The molecule has 0 aromatic rings. The lowest BCUT2D eigenvalue weighted by Gasteiger charge is -2.35. The molecule has 3 nitrogen and oxygen atoms in total. The maximum Gasteiger partial charge on any atom is 0.168 e. The van der Waals surface area contributed by atoms with Crippen LogP contribution < -0.4 is 0 Å². The molecule has 0 aromatic carbocycles. The zero-order valence-electron chi connectivity index (χ0n) is 9.71. The smallest absolute Gasteiger partial charge is 0.168 e. The van der Waals surface area contributed by atoms with Crippen molar-refractivity contribution in [3.8, 4) is 6.07 Å². The Morgan fingerprint density at radius 1 is 1.06 bits per heavy atom. The second-order valence-corrected chi connectivity index (χ2v) is 5.65. The number of rotatable bonds is 2. The van der Waals surface area contributed by atoms with Crippen molar-refractivity contribution in [3.63, 3.8) is 0 Å². The molecular formula is C13H19NO2. The van der Waals surface area contributed by atoms with Gasteiger partial charge in [0.1, 0.15) is 0 Å². The summed E-state index contributed by atoms with van der Waals surface area (Å²) in [6.45, 7) is 1.51. The van der Waals surface area contributed by atoms with Crippen molar-refractivity contribution in [3.05, 3.63) is 0 Å². The van der Waals surface area contributed by atoms with E-state index in [-0.39, 0.29) is 11.2 Å². The van der Waals surface area contributed by atoms with E-state index in [9.17, 15) is 0 Å². The summed E-state index contributed by atoms with van der Waals surface area (Å²) in [5, 5.41) is 9.09. The molecule has 16 heavy (non-hydrogen) atoms. The van der Waals surface area contributed by atoms with Gasteiger partial charge in [-0.05, 0) is 38.0 Å². The highest BCUT2D eigenvalue weighted by atomic mass is 16.7. The molecule has 1 aliphatic heterocycles. The fraction of sp³-hybridized carbons (Fsp3) is 0.923.